The Balaban J connectivity index is 2.23. The van der Waals surface area contributed by atoms with Gasteiger partial charge in [-0.25, -0.2) is 4.79 Å². The van der Waals surface area contributed by atoms with Crippen molar-refractivity contribution in [2.24, 2.45) is 5.73 Å². The van der Waals surface area contributed by atoms with E-state index in [0.717, 1.165) is 0 Å². The summed E-state index contributed by atoms with van der Waals surface area (Å²) in [5.41, 5.74) is 6.85. The summed E-state index contributed by atoms with van der Waals surface area (Å²) in [4.78, 5) is 25.8. The Morgan fingerprint density at radius 2 is 1.72 bits per heavy atom. The van der Waals surface area contributed by atoms with Crippen molar-refractivity contribution in [1.29, 1.82) is 5.26 Å². The SMILES string of the molecule is COC(=O)C1=C(C(=O)c2ccc(OC)cc2)C(c2ccccc2)C(C#N)=C(N)O1. The highest BCUT2D eigenvalue weighted by Crippen LogP contribution is 2.40. The van der Waals surface area contributed by atoms with Crippen molar-refractivity contribution in [1.82, 2.24) is 0 Å². The van der Waals surface area contributed by atoms with Gasteiger partial charge in [0.25, 0.3) is 0 Å². The van der Waals surface area contributed by atoms with Gasteiger partial charge in [0.1, 0.15) is 17.4 Å². The van der Waals surface area contributed by atoms with E-state index >= 15 is 0 Å². The molecule has 0 aliphatic carbocycles. The number of esters is 1. The first kappa shape index (κ1) is 19.7. The van der Waals surface area contributed by atoms with Crippen LogP contribution in [-0.2, 0) is 14.3 Å². The molecule has 7 heteroatoms. The Morgan fingerprint density at radius 1 is 1.07 bits per heavy atom. The van der Waals surface area contributed by atoms with E-state index in [1.54, 1.807) is 54.6 Å². The zero-order valence-electron chi connectivity index (χ0n) is 15.8. The number of carbonyl (C=O) groups is 2. The van der Waals surface area contributed by atoms with Crippen LogP contribution >= 0.6 is 0 Å². The molecule has 29 heavy (non-hydrogen) atoms. The molecular formula is C22H18N2O5. The monoisotopic (exact) mass is 390 g/mol. The first-order chi connectivity index (χ1) is 14.0. The molecule has 1 heterocycles. The summed E-state index contributed by atoms with van der Waals surface area (Å²) in [7, 11) is 2.69. The van der Waals surface area contributed by atoms with Crippen LogP contribution in [-0.4, -0.2) is 26.0 Å². The van der Waals surface area contributed by atoms with Crippen molar-refractivity contribution >= 4 is 11.8 Å². The second-order valence-electron chi connectivity index (χ2n) is 6.13. The molecule has 0 spiro atoms. The fourth-order valence-electron chi connectivity index (χ4n) is 3.11. The van der Waals surface area contributed by atoms with Gasteiger partial charge in [-0.2, -0.15) is 5.26 Å². The minimum atomic E-state index is -0.876. The molecule has 1 unspecified atom stereocenters. The molecule has 0 aromatic heterocycles. The number of hydrogen-bond donors (Lipinski definition) is 1. The smallest absolute Gasteiger partial charge is 0.374 e. The Labute approximate surface area is 167 Å². The minimum Gasteiger partial charge on any atom is -0.497 e. The van der Waals surface area contributed by atoms with Crippen molar-refractivity contribution in [2.75, 3.05) is 14.2 Å². The lowest BCUT2D eigenvalue weighted by atomic mass is 9.79. The van der Waals surface area contributed by atoms with E-state index in [-0.39, 0.29) is 22.8 Å². The molecule has 0 bridgehead atoms. The second-order valence-corrected chi connectivity index (χ2v) is 6.13. The molecule has 2 N–H and O–H groups in total. The number of allylic oxidation sites excluding steroid dienone is 2. The van der Waals surface area contributed by atoms with Crippen LogP contribution in [0.15, 0.2) is 77.4 Å². The Bertz CT molecular complexity index is 1050. The van der Waals surface area contributed by atoms with Gasteiger partial charge >= 0.3 is 5.97 Å². The lowest BCUT2D eigenvalue weighted by molar-refractivity contribution is -0.139. The fourth-order valence-corrected chi connectivity index (χ4v) is 3.11. The first-order valence-electron chi connectivity index (χ1n) is 8.65. The van der Waals surface area contributed by atoms with E-state index in [2.05, 4.69) is 0 Å². The van der Waals surface area contributed by atoms with Crippen molar-refractivity contribution in [3.05, 3.63) is 88.5 Å². The number of nitrogens with zero attached hydrogens (tertiary/aromatic N) is 1. The standard InChI is InChI=1S/C22H18N2O5/c1-27-15-10-8-14(9-11-15)19(25)18-17(13-6-4-3-5-7-13)16(12-23)21(24)29-20(18)22(26)28-2/h3-11,17H,24H2,1-2H3. The largest absolute Gasteiger partial charge is 0.497 e. The number of Topliss-reactive ketones (excluding diaryl/α,β-unsaturated/α-hetero) is 1. The third kappa shape index (κ3) is 3.69. The Hall–Kier alpha value is -4.05. The summed E-state index contributed by atoms with van der Waals surface area (Å²) in [6.45, 7) is 0. The maximum Gasteiger partial charge on any atom is 0.374 e. The lowest BCUT2D eigenvalue weighted by Crippen LogP contribution is -2.28. The quantitative estimate of drug-likeness (QED) is 0.617. The average Bonchev–Trinajstić information content (AvgIpc) is 2.77. The topological polar surface area (TPSA) is 112 Å². The zero-order chi connectivity index (χ0) is 21.0. The molecule has 1 atom stereocenters. The van der Waals surface area contributed by atoms with Gasteiger partial charge in [0, 0.05) is 5.56 Å². The molecule has 0 saturated carbocycles. The summed E-state index contributed by atoms with van der Waals surface area (Å²) >= 11 is 0. The van der Waals surface area contributed by atoms with Gasteiger partial charge in [0.15, 0.2) is 5.78 Å². The van der Waals surface area contributed by atoms with E-state index in [1.807, 2.05) is 6.07 Å². The third-order valence-electron chi connectivity index (χ3n) is 4.52. The van der Waals surface area contributed by atoms with E-state index in [0.29, 0.717) is 16.9 Å². The maximum atomic E-state index is 13.4. The highest BCUT2D eigenvalue weighted by molar-refractivity contribution is 6.14. The molecular weight excluding hydrogens is 372 g/mol. The summed E-state index contributed by atoms with van der Waals surface area (Å²) in [6, 6.07) is 17.2. The zero-order valence-corrected chi connectivity index (χ0v) is 15.8. The average molecular weight is 390 g/mol. The van der Waals surface area contributed by atoms with Gasteiger partial charge in [-0.05, 0) is 29.8 Å². The van der Waals surface area contributed by atoms with Crippen LogP contribution in [0.4, 0.5) is 0 Å². The van der Waals surface area contributed by atoms with Crippen LogP contribution in [0, 0.1) is 11.3 Å². The van der Waals surface area contributed by atoms with Crippen LogP contribution in [0.5, 0.6) is 5.75 Å². The normalized spacial score (nSPS) is 16.0. The van der Waals surface area contributed by atoms with E-state index in [1.165, 1.54) is 14.2 Å². The third-order valence-corrected chi connectivity index (χ3v) is 4.52. The highest BCUT2D eigenvalue weighted by atomic mass is 16.6. The maximum absolute atomic E-state index is 13.4. The van der Waals surface area contributed by atoms with Crippen LogP contribution in [0.25, 0.3) is 0 Å². The van der Waals surface area contributed by atoms with E-state index < -0.39 is 17.7 Å². The number of ether oxygens (including phenoxy) is 3. The molecule has 0 saturated heterocycles. The number of benzene rings is 2. The summed E-state index contributed by atoms with van der Waals surface area (Å²) < 4.78 is 15.3. The van der Waals surface area contributed by atoms with Crippen molar-refractivity contribution in [3.8, 4) is 11.8 Å². The fraction of sp³-hybridized carbons (Fsp3) is 0.136. The molecule has 2 aromatic rings. The van der Waals surface area contributed by atoms with Crippen molar-refractivity contribution < 1.29 is 23.8 Å². The van der Waals surface area contributed by atoms with Crippen molar-refractivity contribution in [3.63, 3.8) is 0 Å². The van der Waals surface area contributed by atoms with Gasteiger partial charge in [-0.1, -0.05) is 30.3 Å². The summed E-state index contributed by atoms with van der Waals surface area (Å²) in [5.74, 6) is -2.22. The Kier molecular flexibility index (Phi) is 5.65. The summed E-state index contributed by atoms with van der Waals surface area (Å²) in [6.07, 6.45) is 0. The lowest BCUT2D eigenvalue weighted by Gasteiger charge is -2.27. The van der Waals surface area contributed by atoms with Crippen LogP contribution < -0.4 is 10.5 Å². The van der Waals surface area contributed by atoms with Gasteiger partial charge < -0.3 is 19.9 Å². The predicted molar refractivity (Wildman–Crippen MR) is 103 cm³/mol. The Morgan fingerprint density at radius 3 is 2.28 bits per heavy atom. The first-order valence-corrected chi connectivity index (χ1v) is 8.65. The number of methoxy groups -OCH3 is 2. The molecule has 146 valence electrons. The van der Waals surface area contributed by atoms with Gasteiger partial charge in [0.05, 0.1) is 25.7 Å². The van der Waals surface area contributed by atoms with Gasteiger partial charge in [0.2, 0.25) is 11.6 Å². The van der Waals surface area contributed by atoms with Crippen molar-refractivity contribution in [2.45, 2.75) is 5.92 Å². The van der Waals surface area contributed by atoms with Crippen LogP contribution in [0.2, 0.25) is 0 Å². The van der Waals surface area contributed by atoms with Crippen LogP contribution in [0.3, 0.4) is 0 Å². The molecule has 2 aromatic carbocycles. The molecule has 0 radical (unpaired) electrons. The predicted octanol–water partition coefficient (Wildman–Crippen LogP) is 2.81. The molecule has 0 fully saturated rings. The summed E-state index contributed by atoms with van der Waals surface area (Å²) in [5, 5.41) is 9.68. The molecule has 3 rings (SSSR count). The second kappa shape index (κ2) is 8.31. The molecule has 7 nitrogen and oxygen atoms in total. The number of ketones is 1. The van der Waals surface area contributed by atoms with Crippen LogP contribution in [0.1, 0.15) is 21.8 Å². The van der Waals surface area contributed by atoms with Gasteiger partial charge in [-0.15, -0.1) is 0 Å². The van der Waals surface area contributed by atoms with E-state index in [4.69, 9.17) is 19.9 Å². The molecule has 1 aliphatic rings. The minimum absolute atomic E-state index is 0.0148. The molecule has 0 amide bonds. The van der Waals surface area contributed by atoms with Gasteiger partial charge in [-0.3, -0.25) is 4.79 Å². The molecule has 1 aliphatic heterocycles. The number of nitrogens with two attached hydrogens (primary N) is 1. The number of nitriles is 1. The van der Waals surface area contributed by atoms with E-state index in [9.17, 15) is 14.9 Å². The highest BCUT2D eigenvalue weighted by Gasteiger charge is 2.39. The number of hydrogen-bond acceptors (Lipinski definition) is 7. The number of carbonyl (C=O) groups excluding carboxylic acids is 2. The number of rotatable bonds is 5.